The van der Waals surface area contributed by atoms with Gasteiger partial charge in [0.15, 0.2) is 11.5 Å². The number of nitrogens with one attached hydrogen (secondary N) is 1. The lowest BCUT2D eigenvalue weighted by molar-refractivity contribution is -0.111. The Morgan fingerprint density at radius 1 is 1.09 bits per heavy atom. The molecule has 0 bridgehead atoms. The summed E-state index contributed by atoms with van der Waals surface area (Å²) in [6.07, 6.45) is 5.68. The van der Waals surface area contributed by atoms with Gasteiger partial charge in [-0.15, -0.1) is 0 Å². The minimum absolute atomic E-state index is 0.124. The molecule has 0 radical (unpaired) electrons. The van der Waals surface area contributed by atoms with Gasteiger partial charge in [-0.3, -0.25) is 4.79 Å². The van der Waals surface area contributed by atoms with Gasteiger partial charge in [-0.2, -0.15) is 4.31 Å². The van der Waals surface area contributed by atoms with E-state index in [1.54, 1.807) is 24.3 Å². The van der Waals surface area contributed by atoms with Crippen LogP contribution in [0, 0.1) is 0 Å². The molecule has 9 nitrogen and oxygen atoms in total. The zero-order valence-corrected chi connectivity index (χ0v) is 20.7. The normalized spacial score (nSPS) is 16.2. The van der Waals surface area contributed by atoms with Gasteiger partial charge in [0.1, 0.15) is 19.0 Å². The zero-order valence-electron chi connectivity index (χ0n) is 19.9. The van der Waals surface area contributed by atoms with Crippen molar-refractivity contribution in [2.24, 2.45) is 0 Å². The Morgan fingerprint density at radius 3 is 2.60 bits per heavy atom. The van der Waals surface area contributed by atoms with Crippen LogP contribution in [0.3, 0.4) is 0 Å². The number of hydrogen-bond donors (Lipinski definition) is 1. The highest BCUT2D eigenvalue weighted by molar-refractivity contribution is 7.89. The molecule has 0 saturated carbocycles. The molecule has 0 spiro atoms. The number of carbonyl (C=O) groups is 1. The summed E-state index contributed by atoms with van der Waals surface area (Å²) in [5, 5.41) is 2.75. The fourth-order valence-corrected chi connectivity index (χ4v) is 5.58. The molecule has 0 aliphatic carbocycles. The highest BCUT2D eigenvalue weighted by Crippen LogP contribution is 2.40. The van der Waals surface area contributed by atoms with E-state index in [1.165, 1.54) is 29.6 Å². The number of piperidine rings is 1. The van der Waals surface area contributed by atoms with E-state index in [1.807, 2.05) is 6.92 Å². The molecule has 2 aromatic rings. The molecule has 2 aromatic carbocycles. The molecule has 0 aromatic heterocycles. The standard InChI is InChI=1S/C25H30N2O7S/c1-3-32-21-9-8-19(35(29,30)27-11-5-4-6-12-27)17-20(21)26-24(28)10-7-18-15-22(31-2)25-23(16-18)33-13-14-34-25/h7-10,15-17H,3-6,11-14H2,1-2H3,(H,26,28)/b10-7+. The Hall–Kier alpha value is -3.24. The SMILES string of the molecule is CCOc1ccc(S(=O)(=O)N2CCCCC2)cc1NC(=O)/C=C/c1cc(OC)c2c(c1)OCCO2. The Bertz CT molecular complexity index is 1190. The average molecular weight is 503 g/mol. The molecular formula is C25H30N2O7S. The lowest BCUT2D eigenvalue weighted by Gasteiger charge is -2.26. The molecule has 4 rings (SSSR count). The zero-order chi connectivity index (χ0) is 24.8. The van der Waals surface area contributed by atoms with Crippen molar-refractivity contribution >= 4 is 27.7 Å². The van der Waals surface area contributed by atoms with E-state index in [4.69, 9.17) is 18.9 Å². The number of carbonyl (C=O) groups excluding carboxylic acids is 1. The second-order valence-electron chi connectivity index (χ2n) is 8.13. The number of fused-ring (bicyclic) bond motifs is 1. The lowest BCUT2D eigenvalue weighted by atomic mass is 10.1. The fourth-order valence-electron chi connectivity index (χ4n) is 4.04. The van der Waals surface area contributed by atoms with Crippen LogP contribution in [0.15, 0.2) is 41.3 Å². The predicted molar refractivity (Wildman–Crippen MR) is 132 cm³/mol. The molecule has 2 aliphatic heterocycles. The Morgan fingerprint density at radius 2 is 1.86 bits per heavy atom. The maximum Gasteiger partial charge on any atom is 0.248 e. The molecule has 10 heteroatoms. The highest BCUT2D eigenvalue weighted by atomic mass is 32.2. The third-order valence-corrected chi connectivity index (χ3v) is 7.63. The van der Waals surface area contributed by atoms with Crippen LogP contribution in [0.4, 0.5) is 5.69 Å². The molecule has 188 valence electrons. The van der Waals surface area contributed by atoms with E-state index < -0.39 is 15.9 Å². The average Bonchev–Trinajstić information content (AvgIpc) is 2.88. The predicted octanol–water partition coefficient (Wildman–Crippen LogP) is 3.69. The summed E-state index contributed by atoms with van der Waals surface area (Å²) in [5.41, 5.74) is 0.979. The van der Waals surface area contributed by atoms with E-state index in [9.17, 15) is 13.2 Å². The van der Waals surface area contributed by atoms with E-state index in [2.05, 4.69) is 5.32 Å². The maximum atomic E-state index is 13.1. The summed E-state index contributed by atoms with van der Waals surface area (Å²) in [5.74, 6) is 1.55. The van der Waals surface area contributed by atoms with Crippen LogP contribution in [0.25, 0.3) is 6.08 Å². The fraction of sp³-hybridized carbons (Fsp3) is 0.400. The first-order valence-electron chi connectivity index (χ1n) is 11.7. The molecule has 35 heavy (non-hydrogen) atoms. The summed E-state index contributed by atoms with van der Waals surface area (Å²) in [6.45, 7) is 4.06. The summed E-state index contributed by atoms with van der Waals surface area (Å²) in [4.78, 5) is 12.9. The lowest BCUT2D eigenvalue weighted by Crippen LogP contribution is -2.35. The van der Waals surface area contributed by atoms with E-state index in [0.29, 0.717) is 67.2 Å². The number of ether oxygens (including phenoxy) is 4. The van der Waals surface area contributed by atoms with Gasteiger partial charge in [-0.1, -0.05) is 6.42 Å². The molecule has 1 amide bonds. The van der Waals surface area contributed by atoms with Gasteiger partial charge in [0, 0.05) is 19.2 Å². The van der Waals surface area contributed by atoms with E-state index >= 15 is 0 Å². The van der Waals surface area contributed by atoms with Gasteiger partial charge in [-0.05, 0) is 61.7 Å². The van der Waals surface area contributed by atoms with Crippen molar-refractivity contribution in [3.8, 4) is 23.0 Å². The summed E-state index contributed by atoms with van der Waals surface area (Å²) < 4.78 is 49.9. The van der Waals surface area contributed by atoms with Crippen molar-refractivity contribution in [3.05, 3.63) is 42.0 Å². The number of rotatable bonds is 8. The van der Waals surface area contributed by atoms with Crippen molar-refractivity contribution in [2.75, 3.05) is 45.3 Å². The number of methoxy groups -OCH3 is 1. The van der Waals surface area contributed by atoms with Crippen molar-refractivity contribution in [1.29, 1.82) is 0 Å². The second-order valence-corrected chi connectivity index (χ2v) is 10.1. The molecular weight excluding hydrogens is 472 g/mol. The van der Waals surface area contributed by atoms with Gasteiger partial charge in [-0.25, -0.2) is 8.42 Å². The van der Waals surface area contributed by atoms with Crippen LogP contribution in [-0.4, -0.2) is 58.7 Å². The van der Waals surface area contributed by atoms with Gasteiger partial charge in [0.25, 0.3) is 0 Å². The van der Waals surface area contributed by atoms with E-state index in [0.717, 1.165) is 19.3 Å². The minimum atomic E-state index is -3.66. The molecule has 1 N–H and O–H groups in total. The first-order chi connectivity index (χ1) is 16.9. The van der Waals surface area contributed by atoms with Crippen molar-refractivity contribution in [3.63, 3.8) is 0 Å². The molecule has 1 saturated heterocycles. The Kier molecular flexibility index (Phi) is 7.82. The Labute approximate surface area is 205 Å². The number of hydrogen-bond acceptors (Lipinski definition) is 7. The second kappa shape index (κ2) is 11.0. The third kappa shape index (κ3) is 5.71. The van der Waals surface area contributed by atoms with Crippen LogP contribution in [-0.2, 0) is 14.8 Å². The summed E-state index contributed by atoms with van der Waals surface area (Å²) >= 11 is 0. The van der Waals surface area contributed by atoms with Crippen LogP contribution >= 0.6 is 0 Å². The molecule has 1 fully saturated rings. The van der Waals surface area contributed by atoms with Crippen molar-refractivity contribution in [2.45, 2.75) is 31.1 Å². The minimum Gasteiger partial charge on any atom is -0.493 e. The quantitative estimate of drug-likeness (QED) is 0.549. The maximum absolute atomic E-state index is 13.1. The number of amides is 1. The monoisotopic (exact) mass is 502 g/mol. The van der Waals surface area contributed by atoms with Crippen LogP contribution in [0.2, 0.25) is 0 Å². The number of benzene rings is 2. The Balaban J connectivity index is 1.55. The van der Waals surface area contributed by atoms with Gasteiger partial charge in [0.05, 0.1) is 24.3 Å². The van der Waals surface area contributed by atoms with Gasteiger partial charge >= 0.3 is 0 Å². The summed E-state index contributed by atoms with van der Waals surface area (Å²) in [6, 6.07) is 8.05. The van der Waals surface area contributed by atoms with E-state index in [-0.39, 0.29) is 4.90 Å². The molecule has 0 unspecified atom stereocenters. The van der Waals surface area contributed by atoms with Crippen LogP contribution in [0.5, 0.6) is 23.0 Å². The van der Waals surface area contributed by atoms with Crippen molar-refractivity contribution < 1.29 is 32.2 Å². The number of sulfonamides is 1. The largest absolute Gasteiger partial charge is 0.493 e. The van der Waals surface area contributed by atoms with Gasteiger partial charge in [0.2, 0.25) is 21.7 Å². The van der Waals surface area contributed by atoms with Crippen LogP contribution < -0.4 is 24.3 Å². The first-order valence-corrected chi connectivity index (χ1v) is 13.1. The molecule has 2 heterocycles. The smallest absolute Gasteiger partial charge is 0.248 e. The molecule has 0 atom stereocenters. The topological polar surface area (TPSA) is 103 Å². The number of nitrogens with zero attached hydrogens (tertiary/aromatic N) is 1. The first kappa shape index (κ1) is 24.9. The van der Waals surface area contributed by atoms with Crippen molar-refractivity contribution in [1.82, 2.24) is 4.31 Å². The molecule has 2 aliphatic rings. The van der Waals surface area contributed by atoms with Crippen LogP contribution in [0.1, 0.15) is 31.7 Å². The third-order valence-electron chi connectivity index (χ3n) is 5.74. The number of anilines is 1. The van der Waals surface area contributed by atoms with Gasteiger partial charge < -0.3 is 24.3 Å². The highest BCUT2D eigenvalue weighted by Gasteiger charge is 2.27. The summed E-state index contributed by atoms with van der Waals surface area (Å²) in [7, 11) is -2.12.